The molecule has 0 amide bonds. The van der Waals surface area contributed by atoms with Crippen LogP contribution in [-0.2, 0) is 9.59 Å². The summed E-state index contributed by atoms with van der Waals surface area (Å²) in [7, 11) is 0. The van der Waals surface area contributed by atoms with Gasteiger partial charge in [0.05, 0.1) is 13.2 Å². The topological polar surface area (TPSA) is 196 Å². The lowest BCUT2D eigenvalue weighted by Gasteiger charge is -2.24. The van der Waals surface area contributed by atoms with Gasteiger partial charge in [0.15, 0.2) is 0 Å². The third kappa shape index (κ3) is 16.8. The predicted octanol–water partition coefficient (Wildman–Crippen LogP) is -2.62. The largest absolute Gasteiger partial charge is 0.481 e. The van der Waals surface area contributed by atoms with Gasteiger partial charge in [-0.3, -0.25) is 9.59 Å². The fourth-order valence-corrected chi connectivity index (χ4v) is 0.671. The minimum absolute atomic E-state index is 0.222. The van der Waals surface area contributed by atoms with Crippen LogP contribution in [0.15, 0.2) is 0 Å². The maximum absolute atomic E-state index is 9.37. The van der Waals surface area contributed by atoms with Crippen LogP contribution in [-0.4, -0.2) is 90.4 Å². The molecule has 134 valence electrons. The Morgan fingerprint density at radius 2 is 0.909 bits per heavy atom. The van der Waals surface area contributed by atoms with Crippen LogP contribution in [0.2, 0.25) is 0 Å². The normalized spacial score (nSPS) is 15.1. The molecule has 0 aliphatic rings. The molecule has 10 heteroatoms. The molecular weight excluding hydrogens is 304 g/mol. The highest BCUT2D eigenvalue weighted by Crippen LogP contribution is 2.03. The van der Waals surface area contributed by atoms with E-state index in [4.69, 9.17) is 40.9 Å². The van der Waals surface area contributed by atoms with Crippen LogP contribution >= 0.6 is 0 Å². The molecule has 0 aliphatic heterocycles. The number of hydrogen-bond acceptors (Lipinski definition) is 8. The van der Waals surface area contributed by atoms with Crippen LogP contribution in [0.4, 0.5) is 0 Å². The standard InChI is InChI=1S/C6H14O6.2C3H6O2/c7-1-3(9)5(11)6(12)4(10)2-8;2*1-2-3(4)5/h3-12H,1-2H2;2*2H2,1H3,(H,4,5). The first-order valence-corrected chi connectivity index (χ1v) is 6.46. The van der Waals surface area contributed by atoms with Crippen molar-refractivity contribution in [3.63, 3.8) is 0 Å². The maximum atomic E-state index is 9.37. The van der Waals surface area contributed by atoms with Crippen molar-refractivity contribution >= 4 is 11.9 Å². The first-order valence-electron chi connectivity index (χ1n) is 6.46. The zero-order valence-electron chi connectivity index (χ0n) is 12.5. The Kier molecular flexibility index (Phi) is 18.7. The van der Waals surface area contributed by atoms with Crippen LogP contribution < -0.4 is 0 Å². The second-order valence-corrected chi connectivity index (χ2v) is 3.98. The smallest absolute Gasteiger partial charge is 0.303 e. The molecule has 0 aliphatic carbocycles. The van der Waals surface area contributed by atoms with Crippen molar-refractivity contribution in [3.05, 3.63) is 0 Å². The molecule has 8 N–H and O–H groups in total. The Morgan fingerprint density at radius 3 is 1.00 bits per heavy atom. The molecule has 0 bridgehead atoms. The van der Waals surface area contributed by atoms with Crippen molar-refractivity contribution in [1.29, 1.82) is 0 Å². The second kappa shape index (κ2) is 16.1. The Labute approximate surface area is 127 Å². The summed E-state index contributed by atoms with van der Waals surface area (Å²) in [6, 6.07) is 0. The van der Waals surface area contributed by atoms with Crippen LogP contribution in [0.25, 0.3) is 0 Å². The molecule has 0 saturated carbocycles. The predicted molar refractivity (Wildman–Crippen MR) is 74.1 cm³/mol. The fourth-order valence-electron chi connectivity index (χ4n) is 0.671. The number of rotatable bonds is 7. The van der Waals surface area contributed by atoms with E-state index in [1.54, 1.807) is 13.8 Å². The number of aliphatic hydroxyl groups excluding tert-OH is 6. The van der Waals surface area contributed by atoms with E-state index in [1.807, 2.05) is 0 Å². The van der Waals surface area contributed by atoms with Gasteiger partial charge in [-0.05, 0) is 0 Å². The van der Waals surface area contributed by atoms with E-state index in [1.165, 1.54) is 0 Å². The Morgan fingerprint density at radius 1 is 0.727 bits per heavy atom. The van der Waals surface area contributed by atoms with Crippen molar-refractivity contribution < 1.29 is 50.4 Å². The molecule has 0 spiro atoms. The van der Waals surface area contributed by atoms with E-state index < -0.39 is 49.6 Å². The third-order valence-corrected chi connectivity index (χ3v) is 2.12. The van der Waals surface area contributed by atoms with Gasteiger partial charge >= 0.3 is 11.9 Å². The maximum Gasteiger partial charge on any atom is 0.303 e. The van der Waals surface area contributed by atoms with Gasteiger partial charge in [0.25, 0.3) is 0 Å². The highest BCUT2D eigenvalue weighted by Gasteiger charge is 2.29. The van der Waals surface area contributed by atoms with Gasteiger partial charge in [0.2, 0.25) is 0 Å². The van der Waals surface area contributed by atoms with Gasteiger partial charge in [0, 0.05) is 12.8 Å². The van der Waals surface area contributed by atoms with Gasteiger partial charge in [-0.1, -0.05) is 13.8 Å². The summed E-state index contributed by atoms with van der Waals surface area (Å²) in [6.07, 6.45) is -5.95. The first-order chi connectivity index (χ1) is 10.1. The minimum Gasteiger partial charge on any atom is -0.481 e. The summed E-state index contributed by atoms with van der Waals surface area (Å²) in [4.78, 5) is 18.7. The van der Waals surface area contributed by atoms with Crippen LogP contribution in [0, 0.1) is 0 Å². The first kappa shape index (κ1) is 25.6. The molecule has 0 aromatic carbocycles. The molecule has 0 aromatic rings. The third-order valence-electron chi connectivity index (χ3n) is 2.12. The number of aliphatic carboxylic acids is 2. The molecule has 0 fully saturated rings. The SMILES string of the molecule is CCC(=O)O.CCC(=O)O.OCC(O)C(O)C(O)C(O)CO. The van der Waals surface area contributed by atoms with Crippen molar-refractivity contribution in [2.45, 2.75) is 51.1 Å². The van der Waals surface area contributed by atoms with Crippen molar-refractivity contribution in [1.82, 2.24) is 0 Å². The molecule has 0 rings (SSSR count). The Bertz CT molecular complexity index is 255. The summed E-state index contributed by atoms with van der Waals surface area (Å²) in [5.74, 6) is -1.49. The summed E-state index contributed by atoms with van der Waals surface area (Å²) in [6.45, 7) is 1.75. The minimum atomic E-state index is -1.67. The highest BCUT2D eigenvalue weighted by atomic mass is 16.4. The van der Waals surface area contributed by atoms with Gasteiger partial charge in [0.1, 0.15) is 24.4 Å². The van der Waals surface area contributed by atoms with Crippen molar-refractivity contribution in [2.24, 2.45) is 0 Å². The number of hydrogen-bond donors (Lipinski definition) is 8. The molecule has 22 heavy (non-hydrogen) atoms. The number of carboxylic acids is 2. The monoisotopic (exact) mass is 330 g/mol. The average Bonchev–Trinajstić information content (AvgIpc) is 2.52. The molecule has 0 heterocycles. The summed E-state index contributed by atoms with van der Waals surface area (Å²) in [5, 5.41) is 67.6. The summed E-state index contributed by atoms with van der Waals surface area (Å²) >= 11 is 0. The zero-order chi connectivity index (χ0) is 18.3. The quantitative estimate of drug-likeness (QED) is 0.244. The van der Waals surface area contributed by atoms with E-state index in [0.717, 1.165) is 0 Å². The van der Waals surface area contributed by atoms with Gasteiger partial charge < -0.3 is 40.9 Å². The van der Waals surface area contributed by atoms with Crippen LogP contribution in [0.5, 0.6) is 0 Å². The summed E-state index contributed by atoms with van der Waals surface area (Å²) < 4.78 is 0. The fraction of sp³-hybridized carbons (Fsp3) is 0.833. The molecule has 4 unspecified atom stereocenters. The van der Waals surface area contributed by atoms with Crippen LogP contribution in [0.3, 0.4) is 0 Å². The van der Waals surface area contributed by atoms with E-state index in [9.17, 15) is 9.59 Å². The highest BCUT2D eigenvalue weighted by molar-refractivity contribution is 5.66. The van der Waals surface area contributed by atoms with Crippen LogP contribution in [0.1, 0.15) is 26.7 Å². The zero-order valence-corrected chi connectivity index (χ0v) is 12.5. The number of aliphatic hydroxyl groups is 6. The lowest BCUT2D eigenvalue weighted by atomic mass is 10.0. The van der Waals surface area contributed by atoms with E-state index >= 15 is 0 Å². The average molecular weight is 330 g/mol. The van der Waals surface area contributed by atoms with E-state index in [0.29, 0.717) is 0 Å². The van der Waals surface area contributed by atoms with E-state index in [2.05, 4.69) is 0 Å². The number of carbonyl (C=O) groups is 2. The Hall–Kier alpha value is -1.30. The van der Waals surface area contributed by atoms with Crippen molar-refractivity contribution in [3.8, 4) is 0 Å². The second-order valence-electron chi connectivity index (χ2n) is 3.98. The number of carboxylic acid groups (broad SMARTS) is 2. The lowest BCUT2D eigenvalue weighted by Crippen LogP contribution is -2.46. The summed E-state index contributed by atoms with van der Waals surface area (Å²) in [5.41, 5.74) is 0. The molecule has 4 atom stereocenters. The molecule has 10 nitrogen and oxygen atoms in total. The van der Waals surface area contributed by atoms with Gasteiger partial charge in [-0.15, -0.1) is 0 Å². The lowest BCUT2D eigenvalue weighted by molar-refractivity contribution is -0.137. The van der Waals surface area contributed by atoms with Gasteiger partial charge in [-0.2, -0.15) is 0 Å². The molecular formula is C12H26O10. The van der Waals surface area contributed by atoms with Gasteiger partial charge in [-0.25, -0.2) is 0 Å². The Balaban J connectivity index is -0.000000298. The van der Waals surface area contributed by atoms with E-state index in [-0.39, 0.29) is 12.8 Å². The molecule has 0 radical (unpaired) electrons. The molecule has 0 saturated heterocycles. The molecule has 0 aromatic heterocycles. The van der Waals surface area contributed by atoms with Crippen molar-refractivity contribution in [2.75, 3.05) is 13.2 Å².